The van der Waals surface area contributed by atoms with Gasteiger partial charge in [0.15, 0.2) is 5.78 Å². The number of nitrogens with one attached hydrogen (secondary N) is 1. The molecule has 0 atom stereocenters. The molecule has 0 fully saturated rings. The molecule has 0 aliphatic rings. The van der Waals surface area contributed by atoms with Gasteiger partial charge in [0.1, 0.15) is 0 Å². The van der Waals surface area contributed by atoms with Gasteiger partial charge in [0.25, 0.3) is 5.91 Å². The Balaban J connectivity index is 2.12. The zero-order chi connectivity index (χ0) is 15.2. The van der Waals surface area contributed by atoms with Crippen molar-refractivity contribution in [1.82, 2.24) is 0 Å². The van der Waals surface area contributed by atoms with Crippen molar-refractivity contribution in [2.45, 2.75) is 6.92 Å². The number of hydrogen-bond donors (Lipinski definition) is 1. The Bertz CT molecular complexity index is 693. The molecule has 4 heteroatoms. The van der Waals surface area contributed by atoms with E-state index in [1.54, 1.807) is 30.3 Å². The molecule has 2 aromatic carbocycles. The lowest BCUT2D eigenvalue weighted by atomic mass is 10.1. The van der Waals surface area contributed by atoms with Crippen LogP contribution in [0.3, 0.4) is 0 Å². The first-order valence-corrected chi connectivity index (χ1v) is 7.20. The molecule has 0 unspecified atom stereocenters. The quantitative estimate of drug-likeness (QED) is 0.665. The fraction of sp³-hybridized carbons (Fsp3) is 0.0588. The minimum absolute atomic E-state index is 0.0370. The number of carbonyl (C=O) groups is 2. The smallest absolute Gasteiger partial charge is 0.262 e. The van der Waals surface area contributed by atoms with Crippen LogP contribution in [0.4, 0.5) is 5.69 Å². The summed E-state index contributed by atoms with van der Waals surface area (Å²) in [7, 11) is 0. The van der Waals surface area contributed by atoms with Gasteiger partial charge >= 0.3 is 0 Å². The second kappa shape index (κ2) is 6.99. The van der Waals surface area contributed by atoms with E-state index in [4.69, 9.17) is 0 Å². The predicted octanol–water partition coefficient (Wildman–Crippen LogP) is 4.26. The van der Waals surface area contributed by atoms with E-state index in [-0.39, 0.29) is 11.7 Å². The zero-order valence-corrected chi connectivity index (χ0v) is 13.1. The maximum Gasteiger partial charge on any atom is 0.262 e. The third-order valence-corrected chi connectivity index (χ3v) is 3.43. The number of Topliss-reactive ketones (excluding diaryl/α,β-unsaturated/α-hetero) is 1. The summed E-state index contributed by atoms with van der Waals surface area (Å²) in [6.07, 6.45) is 1.74. The second-order valence-electron chi connectivity index (χ2n) is 4.49. The van der Waals surface area contributed by atoms with Gasteiger partial charge in [0, 0.05) is 11.3 Å². The van der Waals surface area contributed by atoms with Crippen LogP contribution in [0.15, 0.2) is 59.1 Å². The summed E-state index contributed by atoms with van der Waals surface area (Å²) in [4.78, 5) is 23.4. The lowest BCUT2D eigenvalue weighted by Crippen LogP contribution is -2.11. The van der Waals surface area contributed by atoms with Crippen LogP contribution in [-0.2, 0) is 4.79 Å². The summed E-state index contributed by atoms with van der Waals surface area (Å²) < 4.78 is 0.418. The Kier molecular flexibility index (Phi) is 5.06. The number of ketones is 1. The van der Waals surface area contributed by atoms with Gasteiger partial charge < -0.3 is 5.32 Å². The molecule has 0 bridgehead atoms. The summed E-state index contributed by atoms with van der Waals surface area (Å²) in [6, 6.07) is 16.4. The number of anilines is 1. The molecule has 0 spiro atoms. The number of halogens is 1. The highest BCUT2D eigenvalue weighted by Gasteiger charge is 2.08. The van der Waals surface area contributed by atoms with E-state index in [1.807, 2.05) is 30.3 Å². The first-order chi connectivity index (χ1) is 10.1. The van der Waals surface area contributed by atoms with E-state index in [9.17, 15) is 9.59 Å². The standard InChI is InChI=1S/C17H14BrNO2/c1-12(20)14-8-5-9-15(11-14)19-17(21)16(18)10-13-6-3-2-4-7-13/h2-11H,1H3,(H,19,21)/b16-10-. The van der Waals surface area contributed by atoms with E-state index in [2.05, 4.69) is 21.2 Å². The molecule has 1 amide bonds. The Labute approximate surface area is 131 Å². The summed E-state index contributed by atoms with van der Waals surface area (Å²) in [5.74, 6) is -0.301. The average Bonchev–Trinajstić information content (AvgIpc) is 2.48. The molecule has 2 rings (SSSR count). The third-order valence-electron chi connectivity index (χ3n) is 2.84. The Hall–Kier alpha value is -2.20. The number of carbonyl (C=O) groups excluding carboxylic acids is 2. The fourth-order valence-corrected chi connectivity index (χ4v) is 2.13. The first-order valence-electron chi connectivity index (χ1n) is 6.41. The van der Waals surface area contributed by atoms with Crippen LogP contribution in [0.2, 0.25) is 0 Å². The first kappa shape index (κ1) is 15.2. The molecule has 3 nitrogen and oxygen atoms in total. The molecule has 0 aliphatic heterocycles. The Morgan fingerprint density at radius 3 is 2.43 bits per heavy atom. The van der Waals surface area contributed by atoms with Crippen molar-refractivity contribution in [3.8, 4) is 0 Å². The van der Waals surface area contributed by atoms with Crippen molar-refractivity contribution in [2.75, 3.05) is 5.32 Å². The summed E-state index contributed by atoms with van der Waals surface area (Å²) >= 11 is 3.27. The van der Waals surface area contributed by atoms with Crippen molar-refractivity contribution >= 4 is 39.4 Å². The Morgan fingerprint density at radius 1 is 1.05 bits per heavy atom. The van der Waals surface area contributed by atoms with Gasteiger partial charge in [0.05, 0.1) is 4.48 Å². The minimum atomic E-state index is -0.264. The SMILES string of the molecule is CC(=O)c1cccc(NC(=O)/C(Br)=C/c2ccccc2)c1. The minimum Gasteiger partial charge on any atom is -0.322 e. The number of benzene rings is 2. The van der Waals surface area contributed by atoms with Gasteiger partial charge in [0.2, 0.25) is 0 Å². The third kappa shape index (κ3) is 4.39. The number of amides is 1. The van der Waals surface area contributed by atoms with Crippen molar-refractivity contribution in [1.29, 1.82) is 0 Å². The van der Waals surface area contributed by atoms with Gasteiger partial charge in [-0.25, -0.2) is 0 Å². The molecule has 0 saturated carbocycles. The fourth-order valence-electron chi connectivity index (χ4n) is 1.77. The van der Waals surface area contributed by atoms with E-state index in [1.165, 1.54) is 6.92 Å². The highest BCUT2D eigenvalue weighted by molar-refractivity contribution is 9.12. The summed E-state index contributed by atoms with van der Waals surface area (Å²) in [5, 5.41) is 2.75. The van der Waals surface area contributed by atoms with Crippen LogP contribution >= 0.6 is 15.9 Å². The molecule has 0 saturated heterocycles. The van der Waals surface area contributed by atoms with Crippen LogP contribution in [0.25, 0.3) is 6.08 Å². The summed E-state index contributed by atoms with van der Waals surface area (Å²) in [5.41, 5.74) is 2.08. The van der Waals surface area contributed by atoms with Crippen LogP contribution in [0.1, 0.15) is 22.8 Å². The molecule has 21 heavy (non-hydrogen) atoms. The van der Waals surface area contributed by atoms with E-state index in [0.29, 0.717) is 15.7 Å². The molecule has 0 heterocycles. The van der Waals surface area contributed by atoms with E-state index >= 15 is 0 Å². The molecular formula is C17H14BrNO2. The molecular weight excluding hydrogens is 330 g/mol. The van der Waals surface area contributed by atoms with Crippen molar-refractivity contribution in [3.05, 3.63) is 70.2 Å². The average molecular weight is 344 g/mol. The van der Waals surface area contributed by atoms with Gasteiger partial charge in [-0.2, -0.15) is 0 Å². The maximum absolute atomic E-state index is 12.1. The monoisotopic (exact) mass is 343 g/mol. The van der Waals surface area contributed by atoms with E-state index < -0.39 is 0 Å². The highest BCUT2D eigenvalue weighted by atomic mass is 79.9. The number of hydrogen-bond acceptors (Lipinski definition) is 2. The topological polar surface area (TPSA) is 46.2 Å². The molecule has 0 aromatic heterocycles. The molecule has 1 N–H and O–H groups in total. The second-order valence-corrected chi connectivity index (χ2v) is 5.35. The Morgan fingerprint density at radius 2 is 1.76 bits per heavy atom. The van der Waals surface area contributed by atoms with E-state index in [0.717, 1.165) is 5.56 Å². The highest BCUT2D eigenvalue weighted by Crippen LogP contribution is 2.17. The van der Waals surface area contributed by atoms with Crippen molar-refractivity contribution in [3.63, 3.8) is 0 Å². The maximum atomic E-state index is 12.1. The largest absolute Gasteiger partial charge is 0.322 e. The molecule has 0 radical (unpaired) electrons. The van der Waals surface area contributed by atoms with Gasteiger partial charge in [-0.1, -0.05) is 42.5 Å². The predicted molar refractivity (Wildman–Crippen MR) is 88.4 cm³/mol. The molecule has 0 aliphatic carbocycles. The van der Waals surface area contributed by atoms with Crippen LogP contribution < -0.4 is 5.32 Å². The van der Waals surface area contributed by atoms with Crippen molar-refractivity contribution in [2.24, 2.45) is 0 Å². The van der Waals surface area contributed by atoms with Gasteiger partial charge in [-0.05, 0) is 46.6 Å². The molecule has 2 aromatic rings. The lowest BCUT2D eigenvalue weighted by Gasteiger charge is -2.06. The van der Waals surface area contributed by atoms with Crippen LogP contribution in [-0.4, -0.2) is 11.7 Å². The number of rotatable bonds is 4. The zero-order valence-electron chi connectivity index (χ0n) is 11.5. The van der Waals surface area contributed by atoms with Gasteiger partial charge in [-0.15, -0.1) is 0 Å². The van der Waals surface area contributed by atoms with Gasteiger partial charge in [-0.3, -0.25) is 9.59 Å². The lowest BCUT2D eigenvalue weighted by molar-refractivity contribution is -0.112. The molecule has 106 valence electrons. The normalized spacial score (nSPS) is 11.0. The van der Waals surface area contributed by atoms with Crippen LogP contribution in [0, 0.1) is 0 Å². The van der Waals surface area contributed by atoms with Crippen LogP contribution in [0.5, 0.6) is 0 Å². The summed E-state index contributed by atoms with van der Waals surface area (Å²) in [6.45, 7) is 1.49. The van der Waals surface area contributed by atoms with Crippen molar-refractivity contribution < 1.29 is 9.59 Å².